The van der Waals surface area contributed by atoms with Crippen LogP contribution in [0.2, 0.25) is 5.02 Å². The van der Waals surface area contributed by atoms with Crippen molar-refractivity contribution in [2.45, 2.75) is 44.8 Å². The molecule has 9 heteroatoms. The predicted molar refractivity (Wildman–Crippen MR) is 155 cm³/mol. The molecule has 5 rings (SSSR count). The highest BCUT2D eigenvalue weighted by molar-refractivity contribution is 6.56. The fraction of sp³-hybridized carbons (Fsp3) is 0.300. The first kappa shape index (κ1) is 27.1. The summed E-state index contributed by atoms with van der Waals surface area (Å²) in [6, 6.07) is 19.4. The van der Waals surface area contributed by atoms with E-state index in [2.05, 4.69) is 29.6 Å². The molecule has 0 bridgehead atoms. The summed E-state index contributed by atoms with van der Waals surface area (Å²) < 4.78 is 18.1. The number of anilines is 1. The van der Waals surface area contributed by atoms with Gasteiger partial charge in [0.05, 0.1) is 16.9 Å². The number of aromatic hydroxyl groups is 1. The number of rotatable bonds is 6. The standard InChI is InChI=1S/C30H32BClN2O5/c1-29(2)30(3,4)39-31(38-29)19(13-18-14-20(32)15-26(33)27(18)35)16-34-28(36)37-17-25-23-11-7-5-9-21(23)22-10-6-8-12-24(22)25/h5-15,25,35H,16-17,33H2,1-4H3,(H,34,36). The van der Waals surface area contributed by atoms with Crippen LogP contribution in [0.3, 0.4) is 0 Å². The maximum Gasteiger partial charge on any atom is 0.492 e. The van der Waals surface area contributed by atoms with Crippen LogP contribution in [-0.2, 0) is 14.0 Å². The minimum Gasteiger partial charge on any atom is -0.505 e. The second-order valence-electron chi connectivity index (χ2n) is 10.9. The van der Waals surface area contributed by atoms with Crippen molar-refractivity contribution < 1.29 is 23.9 Å². The average Bonchev–Trinajstić information content (AvgIpc) is 3.32. The molecule has 39 heavy (non-hydrogen) atoms. The molecule has 1 fully saturated rings. The largest absolute Gasteiger partial charge is 0.505 e. The zero-order valence-corrected chi connectivity index (χ0v) is 23.2. The molecule has 3 aromatic carbocycles. The van der Waals surface area contributed by atoms with Crippen LogP contribution in [0.4, 0.5) is 10.5 Å². The Bertz CT molecular complexity index is 1390. The number of hydrogen-bond acceptors (Lipinski definition) is 6. The molecular formula is C30H32BClN2O5. The van der Waals surface area contributed by atoms with Gasteiger partial charge in [0.25, 0.3) is 0 Å². The first-order valence-electron chi connectivity index (χ1n) is 12.9. The van der Waals surface area contributed by atoms with E-state index in [9.17, 15) is 9.90 Å². The lowest BCUT2D eigenvalue weighted by Gasteiger charge is -2.32. The SMILES string of the molecule is CC1(C)OB(C(=Cc2cc(Cl)cc(N)c2O)CNC(=O)OCC2c3ccccc3-c3ccccc32)OC1(C)C. The van der Waals surface area contributed by atoms with E-state index < -0.39 is 24.4 Å². The Labute approximate surface area is 234 Å². The van der Waals surface area contributed by atoms with Crippen LogP contribution in [0.1, 0.15) is 50.3 Å². The molecule has 0 aromatic heterocycles. The number of phenols is 1. The van der Waals surface area contributed by atoms with Crippen LogP contribution >= 0.6 is 11.6 Å². The summed E-state index contributed by atoms with van der Waals surface area (Å²) in [7, 11) is -0.775. The molecule has 0 spiro atoms. The van der Waals surface area contributed by atoms with Gasteiger partial charge in [-0.1, -0.05) is 66.2 Å². The lowest BCUT2D eigenvalue weighted by molar-refractivity contribution is 0.00578. The Hall–Kier alpha value is -3.46. The summed E-state index contributed by atoms with van der Waals surface area (Å²) >= 11 is 6.19. The average molecular weight is 547 g/mol. The van der Waals surface area contributed by atoms with Gasteiger partial charge in [-0.3, -0.25) is 0 Å². The van der Waals surface area contributed by atoms with Crippen LogP contribution in [-0.4, -0.2) is 42.7 Å². The Morgan fingerprint density at radius 1 is 1.05 bits per heavy atom. The first-order chi connectivity index (χ1) is 18.5. The lowest BCUT2D eigenvalue weighted by atomic mass is 9.77. The third-order valence-electron chi connectivity index (χ3n) is 7.81. The molecule has 3 aromatic rings. The summed E-state index contributed by atoms with van der Waals surface area (Å²) in [5.74, 6) is -0.165. The Morgan fingerprint density at radius 2 is 1.62 bits per heavy atom. The second kappa shape index (κ2) is 10.3. The van der Waals surface area contributed by atoms with Crippen molar-refractivity contribution >= 4 is 36.6 Å². The molecule has 1 saturated heterocycles. The minimum atomic E-state index is -0.775. The van der Waals surface area contributed by atoms with Crippen molar-refractivity contribution in [3.8, 4) is 16.9 Å². The lowest BCUT2D eigenvalue weighted by Crippen LogP contribution is -2.41. The number of benzene rings is 3. The van der Waals surface area contributed by atoms with Gasteiger partial charge in [0.15, 0.2) is 0 Å². The van der Waals surface area contributed by atoms with Crippen LogP contribution < -0.4 is 11.1 Å². The summed E-state index contributed by atoms with van der Waals surface area (Å²) in [6.07, 6.45) is 1.10. The first-order valence-corrected chi connectivity index (χ1v) is 13.3. The molecule has 0 radical (unpaired) electrons. The Balaban J connectivity index is 1.33. The summed E-state index contributed by atoms with van der Waals surface area (Å²) in [6.45, 7) is 8.02. The van der Waals surface area contributed by atoms with Crippen LogP contribution in [0.5, 0.6) is 5.75 Å². The summed E-state index contributed by atoms with van der Waals surface area (Å²) in [5, 5.41) is 13.7. The third kappa shape index (κ3) is 5.24. The van der Waals surface area contributed by atoms with Gasteiger partial charge in [-0.15, -0.1) is 0 Å². The van der Waals surface area contributed by atoms with Crippen molar-refractivity contribution in [3.63, 3.8) is 0 Å². The maximum atomic E-state index is 12.9. The van der Waals surface area contributed by atoms with Gasteiger partial charge in [-0.05, 0) is 67.6 Å². The van der Waals surface area contributed by atoms with E-state index in [1.807, 2.05) is 52.0 Å². The number of carbonyl (C=O) groups is 1. The number of halogens is 1. The molecule has 1 aliphatic carbocycles. The molecular weight excluding hydrogens is 515 g/mol. The smallest absolute Gasteiger partial charge is 0.492 e. The molecule has 1 amide bonds. The van der Waals surface area contributed by atoms with E-state index in [4.69, 9.17) is 31.4 Å². The molecule has 1 heterocycles. The van der Waals surface area contributed by atoms with Crippen molar-refractivity contribution in [1.82, 2.24) is 5.32 Å². The number of hydrogen-bond donors (Lipinski definition) is 3. The number of amides is 1. The molecule has 0 saturated carbocycles. The number of carbonyl (C=O) groups excluding carboxylic acids is 1. The molecule has 1 aliphatic heterocycles. The van der Waals surface area contributed by atoms with Gasteiger partial charge in [0, 0.05) is 23.0 Å². The third-order valence-corrected chi connectivity index (χ3v) is 8.03. The van der Waals surface area contributed by atoms with Crippen molar-refractivity contribution in [2.75, 3.05) is 18.9 Å². The molecule has 4 N–H and O–H groups in total. The van der Waals surface area contributed by atoms with Crippen LogP contribution in [0.25, 0.3) is 17.2 Å². The number of fused-ring (bicyclic) bond motifs is 3. The van der Waals surface area contributed by atoms with E-state index in [0.29, 0.717) is 16.1 Å². The second-order valence-corrected chi connectivity index (χ2v) is 11.4. The topological polar surface area (TPSA) is 103 Å². The fourth-order valence-corrected chi connectivity index (χ4v) is 5.21. The van der Waals surface area contributed by atoms with E-state index in [1.54, 1.807) is 12.1 Å². The van der Waals surface area contributed by atoms with Crippen molar-refractivity contribution in [1.29, 1.82) is 0 Å². The molecule has 0 unspecified atom stereocenters. The van der Waals surface area contributed by atoms with Crippen molar-refractivity contribution in [3.05, 3.63) is 87.8 Å². The Kier molecular flexibility index (Phi) is 7.14. The summed E-state index contributed by atoms with van der Waals surface area (Å²) in [4.78, 5) is 12.9. The number of nitrogens with one attached hydrogen (secondary N) is 1. The van der Waals surface area contributed by atoms with Crippen LogP contribution in [0.15, 0.2) is 66.1 Å². The highest BCUT2D eigenvalue weighted by Crippen LogP contribution is 2.44. The highest BCUT2D eigenvalue weighted by Gasteiger charge is 2.52. The predicted octanol–water partition coefficient (Wildman–Crippen LogP) is 6.18. The number of phenolic OH excluding ortho intramolecular Hbond substituents is 1. The number of nitrogen functional groups attached to an aromatic ring is 1. The normalized spacial score (nSPS) is 17.6. The van der Waals surface area contributed by atoms with Gasteiger partial charge in [0.1, 0.15) is 12.4 Å². The zero-order valence-electron chi connectivity index (χ0n) is 22.5. The molecule has 2 aliphatic rings. The Morgan fingerprint density at radius 3 is 2.21 bits per heavy atom. The monoisotopic (exact) mass is 546 g/mol. The summed E-state index contributed by atoms with van der Waals surface area (Å²) in [5.41, 5.74) is 10.4. The number of ether oxygens (including phenoxy) is 1. The van der Waals surface area contributed by atoms with Gasteiger partial charge < -0.3 is 30.2 Å². The van der Waals surface area contributed by atoms with E-state index in [1.165, 1.54) is 6.07 Å². The van der Waals surface area contributed by atoms with Gasteiger partial charge in [0.2, 0.25) is 0 Å². The zero-order chi connectivity index (χ0) is 27.9. The highest BCUT2D eigenvalue weighted by atomic mass is 35.5. The fourth-order valence-electron chi connectivity index (χ4n) is 4.97. The van der Waals surface area contributed by atoms with Gasteiger partial charge in [-0.25, -0.2) is 4.79 Å². The minimum absolute atomic E-state index is 0.0485. The van der Waals surface area contributed by atoms with Crippen LogP contribution in [0, 0.1) is 0 Å². The van der Waals surface area contributed by atoms with Gasteiger partial charge >= 0.3 is 13.2 Å². The van der Waals surface area contributed by atoms with E-state index >= 15 is 0 Å². The van der Waals surface area contributed by atoms with E-state index in [-0.39, 0.29) is 30.5 Å². The quantitative estimate of drug-likeness (QED) is 0.194. The van der Waals surface area contributed by atoms with Gasteiger partial charge in [-0.2, -0.15) is 0 Å². The maximum absolute atomic E-state index is 12.9. The van der Waals surface area contributed by atoms with Crippen molar-refractivity contribution in [2.24, 2.45) is 0 Å². The number of alkyl carbamates (subject to hydrolysis) is 1. The van der Waals surface area contributed by atoms with E-state index in [0.717, 1.165) is 22.3 Å². The molecule has 7 nitrogen and oxygen atoms in total. The molecule has 0 atom stereocenters. The number of nitrogens with two attached hydrogens (primary N) is 1. The molecule has 202 valence electrons.